The molecule has 1 unspecified atom stereocenters. The minimum Gasteiger partial charge on any atom is -0.339 e. The summed E-state index contributed by atoms with van der Waals surface area (Å²) in [7, 11) is 0. The van der Waals surface area contributed by atoms with E-state index in [4.69, 9.17) is 5.73 Å². The van der Waals surface area contributed by atoms with E-state index in [2.05, 4.69) is 42.0 Å². The van der Waals surface area contributed by atoms with Gasteiger partial charge in [0.1, 0.15) is 0 Å². The predicted molar refractivity (Wildman–Crippen MR) is 75.9 cm³/mol. The van der Waals surface area contributed by atoms with E-state index in [0.717, 1.165) is 18.0 Å². The van der Waals surface area contributed by atoms with Crippen molar-refractivity contribution in [2.75, 3.05) is 0 Å². The zero-order valence-corrected chi connectivity index (χ0v) is 11.6. The predicted octanol–water partition coefficient (Wildman–Crippen LogP) is 3.15. The van der Waals surface area contributed by atoms with Gasteiger partial charge in [0.2, 0.25) is 0 Å². The minimum absolute atomic E-state index is 0.257. The van der Waals surface area contributed by atoms with Crippen molar-refractivity contribution < 1.29 is 0 Å². The van der Waals surface area contributed by atoms with Crippen molar-refractivity contribution in [3.8, 4) is 0 Å². The zero-order valence-electron chi connectivity index (χ0n) is 10.8. The van der Waals surface area contributed by atoms with Gasteiger partial charge in [-0.05, 0) is 43.0 Å². The van der Waals surface area contributed by atoms with Crippen LogP contribution in [-0.4, -0.2) is 16.0 Å². The number of imidazole rings is 1. The number of nitrogens with two attached hydrogens (primary N) is 1. The molecule has 1 aromatic carbocycles. The number of benzene rings is 1. The molecule has 96 valence electrons. The van der Waals surface area contributed by atoms with Crippen molar-refractivity contribution in [2.45, 2.75) is 42.8 Å². The van der Waals surface area contributed by atoms with Gasteiger partial charge in [-0.15, -0.1) is 0 Å². The normalized spacial score (nSPS) is 12.6. The second-order valence-electron chi connectivity index (χ2n) is 4.46. The molecule has 3 nitrogen and oxygen atoms in total. The lowest BCUT2D eigenvalue weighted by atomic mass is 10.0. The van der Waals surface area contributed by atoms with E-state index in [1.807, 2.05) is 6.20 Å². The Hall–Kier alpha value is -1.26. The van der Waals surface area contributed by atoms with Gasteiger partial charge in [-0.1, -0.05) is 24.8 Å². The highest BCUT2D eigenvalue weighted by atomic mass is 32.2. The fourth-order valence-electron chi connectivity index (χ4n) is 1.81. The van der Waals surface area contributed by atoms with Crippen molar-refractivity contribution in [3.63, 3.8) is 0 Å². The third kappa shape index (κ3) is 3.37. The zero-order chi connectivity index (χ0) is 13.0. The molecule has 0 saturated heterocycles. The average molecular weight is 261 g/mol. The summed E-state index contributed by atoms with van der Waals surface area (Å²) in [5, 5.41) is 0.924. The van der Waals surface area contributed by atoms with Gasteiger partial charge in [-0.3, -0.25) is 0 Å². The highest BCUT2D eigenvalue weighted by Gasteiger charge is 2.06. The van der Waals surface area contributed by atoms with Crippen LogP contribution in [0.25, 0.3) is 0 Å². The Morgan fingerprint density at radius 2 is 2.28 bits per heavy atom. The first-order chi connectivity index (χ1) is 8.69. The fraction of sp³-hybridized carbons (Fsp3) is 0.357. The number of nitrogens with zero attached hydrogens (tertiary/aromatic N) is 1. The second-order valence-corrected chi connectivity index (χ2v) is 5.52. The highest BCUT2D eigenvalue weighted by Crippen LogP contribution is 2.26. The Morgan fingerprint density at radius 1 is 1.44 bits per heavy atom. The van der Waals surface area contributed by atoms with Gasteiger partial charge in [-0.25, -0.2) is 4.98 Å². The number of H-pyrrole nitrogens is 1. The fourth-order valence-corrected chi connectivity index (χ4v) is 2.64. The number of aromatic amines is 1. The molecule has 3 N–H and O–H groups in total. The smallest absolute Gasteiger partial charge is 0.170 e. The molecule has 0 radical (unpaired) electrons. The standard InChI is InChI=1S/C14H19N3S/c1-3-12(15)9-11-4-5-13(8-10(11)2)18-14-16-6-7-17-14/h4-8,12H,3,9,15H2,1-2H3,(H,16,17). The molecule has 0 aliphatic rings. The average Bonchev–Trinajstić information content (AvgIpc) is 2.85. The van der Waals surface area contributed by atoms with E-state index in [0.29, 0.717) is 0 Å². The van der Waals surface area contributed by atoms with Gasteiger partial charge in [0.15, 0.2) is 5.16 Å². The molecule has 0 aliphatic carbocycles. The molecule has 0 spiro atoms. The molecule has 1 heterocycles. The molecule has 0 fully saturated rings. The Bertz CT molecular complexity index is 494. The van der Waals surface area contributed by atoms with Gasteiger partial charge in [0.25, 0.3) is 0 Å². The first kappa shape index (κ1) is 13.2. The van der Waals surface area contributed by atoms with E-state index < -0.39 is 0 Å². The lowest BCUT2D eigenvalue weighted by Gasteiger charge is -2.12. The molecule has 0 saturated carbocycles. The summed E-state index contributed by atoms with van der Waals surface area (Å²) in [4.78, 5) is 8.51. The summed E-state index contributed by atoms with van der Waals surface area (Å²) < 4.78 is 0. The Balaban J connectivity index is 2.09. The van der Waals surface area contributed by atoms with Gasteiger partial charge in [0, 0.05) is 23.3 Å². The molecule has 4 heteroatoms. The van der Waals surface area contributed by atoms with Gasteiger partial charge >= 0.3 is 0 Å². The molecular weight excluding hydrogens is 242 g/mol. The summed E-state index contributed by atoms with van der Waals surface area (Å²) in [5.74, 6) is 0. The molecule has 2 aromatic rings. The van der Waals surface area contributed by atoms with Crippen LogP contribution < -0.4 is 5.73 Å². The van der Waals surface area contributed by atoms with Crippen LogP contribution in [0.15, 0.2) is 40.6 Å². The first-order valence-electron chi connectivity index (χ1n) is 6.21. The van der Waals surface area contributed by atoms with Crippen molar-refractivity contribution in [2.24, 2.45) is 5.73 Å². The van der Waals surface area contributed by atoms with E-state index in [9.17, 15) is 0 Å². The van der Waals surface area contributed by atoms with Gasteiger partial charge < -0.3 is 10.7 Å². The lowest BCUT2D eigenvalue weighted by Crippen LogP contribution is -2.21. The summed E-state index contributed by atoms with van der Waals surface area (Å²) in [6.45, 7) is 4.27. The molecule has 1 atom stereocenters. The summed E-state index contributed by atoms with van der Waals surface area (Å²) in [6, 6.07) is 6.77. The van der Waals surface area contributed by atoms with E-state index >= 15 is 0 Å². The maximum atomic E-state index is 6.00. The van der Waals surface area contributed by atoms with Crippen LogP contribution in [0.2, 0.25) is 0 Å². The van der Waals surface area contributed by atoms with Gasteiger partial charge in [-0.2, -0.15) is 0 Å². The Kier molecular flexibility index (Phi) is 4.44. The number of hydrogen-bond acceptors (Lipinski definition) is 3. The molecule has 0 bridgehead atoms. The monoisotopic (exact) mass is 261 g/mol. The van der Waals surface area contributed by atoms with Crippen molar-refractivity contribution in [1.29, 1.82) is 0 Å². The Labute approximate surface area is 112 Å². The maximum absolute atomic E-state index is 6.00. The van der Waals surface area contributed by atoms with Crippen LogP contribution in [-0.2, 0) is 6.42 Å². The molecular formula is C14H19N3S. The first-order valence-corrected chi connectivity index (χ1v) is 7.03. The SMILES string of the molecule is CCC(N)Cc1ccc(Sc2ncc[nH]2)cc1C. The second kappa shape index (κ2) is 6.07. The van der Waals surface area contributed by atoms with Crippen LogP contribution >= 0.6 is 11.8 Å². The van der Waals surface area contributed by atoms with Crippen LogP contribution in [0.1, 0.15) is 24.5 Å². The van der Waals surface area contributed by atoms with Crippen LogP contribution in [0.3, 0.4) is 0 Å². The summed E-state index contributed by atoms with van der Waals surface area (Å²) >= 11 is 1.64. The quantitative estimate of drug-likeness (QED) is 0.869. The van der Waals surface area contributed by atoms with Crippen molar-refractivity contribution >= 4 is 11.8 Å². The largest absolute Gasteiger partial charge is 0.339 e. The molecule has 0 aliphatic heterocycles. The summed E-state index contributed by atoms with van der Waals surface area (Å²) in [6.07, 6.45) is 5.57. The topological polar surface area (TPSA) is 54.7 Å². The lowest BCUT2D eigenvalue weighted by molar-refractivity contribution is 0.644. The number of aromatic nitrogens is 2. The van der Waals surface area contributed by atoms with Crippen molar-refractivity contribution in [3.05, 3.63) is 41.7 Å². The minimum atomic E-state index is 0.257. The van der Waals surface area contributed by atoms with E-state index in [-0.39, 0.29) is 6.04 Å². The molecule has 1 aromatic heterocycles. The van der Waals surface area contributed by atoms with Crippen LogP contribution in [0.4, 0.5) is 0 Å². The molecule has 18 heavy (non-hydrogen) atoms. The van der Waals surface area contributed by atoms with Crippen molar-refractivity contribution in [1.82, 2.24) is 9.97 Å². The Morgan fingerprint density at radius 3 is 2.89 bits per heavy atom. The number of nitrogens with one attached hydrogen (secondary N) is 1. The van der Waals surface area contributed by atoms with E-state index in [1.165, 1.54) is 16.0 Å². The van der Waals surface area contributed by atoms with E-state index in [1.54, 1.807) is 18.0 Å². The van der Waals surface area contributed by atoms with Gasteiger partial charge in [0.05, 0.1) is 0 Å². The molecule has 2 rings (SSSR count). The van der Waals surface area contributed by atoms with Crippen LogP contribution in [0, 0.1) is 6.92 Å². The third-order valence-corrected chi connectivity index (χ3v) is 3.91. The number of hydrogen-bond donors (Lipinski definition) is 2. The summed E-state index contributed by atoms with van der Waals surface area (Å²) in [5.41, 5.74) is 8.64. The van der Waals surface area contributed by atoms with Crippen LogP contribution in [0.5, 0.6) is 0 Å². The number of aryl methyl sites for hydroxylation is 1. The molecule has 0 amide bonds. The maximum Gasteiger partial charge on any atom is 0.170 e. The third-order valence-electron chi connectivity index (χ3n) is 3.01. The number of rotatable bonds is 5. The highest BCUT2D eigenvalue weighted by molar-refractivity contribution is 7.99.